The van der Waals surface area contributed by atoms with E-state index in [4.69, 9.17) is 4.99 Å². The molecule has 1 saturated heterocycles. The van der Waals surface area contributed by atoms with Crippen LogP contribution >= 0.6 is 0 Å². The van der Waals surface area contributed by atoms with Crippen LogP contribution < -0.4 is 10.5 Å². The number of aryl methyl sites for hydroxylation is 2. The molecule has 43 heavy (non-hydrogen) atoms. The molecule has 3 aliphatic heterocycles. The van der Waals surface area contributed by atoms with Gasteiger partial charge in [0.1, 0.15) is 11.9 Å². The van der Waals surface area contributed by atoms with Crippen LogP contribution in [-0.2, 0) is 16.0 Å². The first kappa shape index (κ1) is 26.8. The molecule has 2 atom stereocenters. The van der Waals surface area contributed by atoms with E-state index in [0.717, 1.165) is 27.9 Å². The largest absolute Gasteiger partial charge is 0.480 e. The standard InChI is InChI=1S/C33H29N5O5/c1-18-15-21-12-14-37-28(21)24(16-18)27(20-7-4-3-5-8-20)35-29(32(37)41)38-19(2)34-25-17-22(10-11-23(25)31(38)40)30(39)36-13-6-9-26(36)33(42)43/h3-5,7-8,10-11,15-17,26,29H,6,9,12-14H2,1-2H3,(H,42,43). The number of benzene rings is 3. The predicted molar refractivity (Wildman–Crippen MR) is 161 cm³/mol. The summed E-state index contributed by atoms with van der Waals surface area (Å²) in [5.41, 5.74) is 5.43. The number of carboxylic acid groups (broad SMARTS) is 1. The van der Waals surface area contributed by atoms with Crippen molar-refractivity contribution in [2.24, 2.45) is 4.99 Å². The second-order valence-corrected chi connectivity index (χ2v) is 11.3. The van der Waals surface area contributed by atoms with Gasteiger partial charge in [-0.2, -0.15) is 0 Å². The van der Waals surface area contributed by atoms with Crippen molar-refractivity contribution in [3.05, 3.63) is 105 Å². The molecule has 4 aromatic rings. The predicted octanol–water partition coefficient (Wildman–Crippen LogP) is 3.64. The highest BCUT2D eigenvalue weighted by Crippen LogP contribution is 2.39. The van der Waals surface area contributed by atoms with E-state index >= 15 is 0 Å². The molecule has 1 aromatic heterocycles. The molecule has 4 heterocycles. The summed E-state index contributed by atoms with van der Waals surface area (Å²) in [7, 11) is 0. The van der Waals surface area contributed by atoms with Crippen LogP contribution in [0.3, 0.4) is 0 Å². The van der Waals surface area contributed by atoms with E-state index < -0.39 is 29.6 Å². The molecule has 10 heteroatoms. The monoisotopic (exact) mass is 575 g/mol. The third kappa shape index (κ3) is 4.24. The second-order valence-electron chi connectivity index (χ2n) is 11.3. The molecule has 7 rings (SSSR count). The van der Waals surface area contributed by atoms with E-state index in [9.17, 15) is 24.3 Å². The van der Waals surface area contributed by atoms with Crippen molar-refractivity contribution in [2.45, 2.75) is 45.3 Å². The highest BCUT2D eigenvalue weighted by molar-refractivity contribution is 6.20. The van der Waals surface area contributed by atoms with Crippen LogP contribution in [0.4, 0.5) is 5.69 Å². The summed E-state index contributed by atoms with van der Waals surface area (Å²) in [4.78, 5) is 65.9. The molecule has 1 fully saturated rings. The number of hydrogen-bond acceptors (Lipinski definition) is 6. The number of carboxylic acids is 1. The minimum atomic E-state index is -1.18. The Labute approximate surface area is 246 Å². The fraction of sp³-hybridized carbons (Fsp3) is 0.273. The van der Waals surface area contributed by atoms with Gasteiger partial charge in [-0.15, -0.1) is 0 Å². The zero-order chi connectivity index (χ0) is 30.0. The second kappa shape index (κ2) is 10.0. The molecule has 3 aliphatic rings. The van der Waals surface area contributed by atoms with Gasteiger partial charge in [-0.05, 0) is 62.9 Å². The van der Waals surface area contributed by atoms with Gasteiger partial charge in [0.05, 0.1) is 22.3 Å². The average molecular weight is 576 g/mol. The Morgan fingerprint density at radius 2 is 1.77 bits per heavy atom. The van der Waals surface area contributed by atoms with Gasteiger partial charge in [0.2, 0.25) is 6.17 Å². The summed E-state index contributed by atoms with van der Waals surface area (Å²) in [5.74, 6) is -1.47. The van der Waals surface area contributed by atoms with Crippen LogP contribution in [0.1, 0.15) is 57.4 Å². The van der Waals surface area contributed by atoms with Crippen LogP contribution in [0.2, 0.25) is 0 Å². The molecule has 0 bridgehead atoms. The van der Waals surface area contributed by atoms with Crippen LogP contribution in [-0.4, -0.2) is 62.2 Å². The van der Waals surface area contributed by atoms with E-state index in [1.807, 2.05) is 43.3 Å². The first-order valence-electron chi connectivity index (χ1n) is 14.4. The summed E-state index contributed by atoms with van der Waals surface area (Å²) in [6.45, 7) is 4.53. The number of aliphatic carboxylic acids is 1. The maximum absolute atomic E-state index is 14.2. The lowest BCUT2D eigenvalue weighted by Crippen LogP contribution is -2.40. The molecule has 10 nitrogen and oxygen atoms in total. The van der Waals surface area contributed by atoms with Crippen molar-refractivity contribution in [1.82, 2.24) is 14.5 Å². The average Bonchev–Trinajstić information content (AvgIpc) is 3.63. The molecule has 2 unspecified atom stereocenters. The number of anilines is 1. The molecule has 216 valence electrons. The lowest BCUT2D eigenvalue weighted by Gasteiger charge is -2.23. The Kier molecular flexibility index (Phi) is 6.23. The number of hydrogen-bond donors (Lipinski definition) is 1. The van der Waals surface area contributed by atoms with Crippen molar-refractivity contribution >= 4 is 40.1 Å². The van der Waals surface area contributed by atoms with Crippen molar-refractivity contribution in [3.8, 4) is 0 Å². The molecular weight excluding hydrogens is 546 g/mol. The zero-order valence-electron chi connectivity index (χ0n) is 23.8. The number of likely N-dealkylation sites (tertiary alicyclic amines) is 1. The van der Waals surface area contributed by atoms with Crippen molar-refractivity contribution in [1.29, 1.82) is 0 Å². The molecule has 2 amide bonds. The topological polar surface area (TPSA) is 125 Å². The summed E-state index contributed by atoms with van der Waals surface area (Å²) in [6, 6.07) is 17.5. The number of aliphatic imine (C=N–C) groups is 1. The highest BCUT2D eigenvalue weighted by atomic mass is 16.4. The number of nitrogens with zero attached hydrogens (tertiary/aromatic N) is 5. The first-order chi connectivity index (χ1) is 20.7. The maximum Gasteiger partial charge on any atom is 0.326 e. The zero-order valence-corrected chi connectivity index (χ0v) is 23.8. The number of amides is 2. The quantitative estimate of drug-likeness (QED) is 0.396. The Morgan fingerprint density at radius 1 is 0.977 bits per heavy atom. The van der Waals surface area contributed by atoms with E-state index in [1.54, 1.807) is 11.8 Å². The molecule has 0 saturated carbocycles. The third-order valence-electron chi connectivity index (χ3n) is 8.62. The van der Waals surface area contributed by atoms with Crippen molar-refractivity contribution in [2.75, 3.05) is 18.0 Å². The van der Waals surface area contributed by atoms with Gasteiger partial charge in [-0.1, -0.05) is 42.0 Å². The summed E-state index contributed by atoms with van der Waals surface area (Å²) >= 11 is 0. The number of fused-ring (bicyclic) bond motifs is 1. The van der Waals surface area contributed by atoms with Gasteiger partial charge in [-0.3, -0.25) is 19.0 Å². The summed E-state index contributed by atoms with van der Waals surface area (Å²) < 4.78 is 1.34. The van der Waals surface area contributed by atoms with Crippen LogP contribution in [0, 0.1) is 13.8 Å². The lowest BCUT2D eigenvalue weighted by molar-refractivity contribution is -0.141. The molecule has 1 N–H and O–H groups in total. The van der Waals surface area contributed by atoms with Gasteiger partial charge >= 0.3 is 5.97 Å². The van der Waals surface area contributed by atoms with E-state index in [1.165, 1.54) is 27.7 Å². The lowest BCUT2D eigenvalue weighted by atomic mass is 9.96. The molecule has 0 spiro atoms. The van der Waals surface area contributed by atoms with Gasteiger partial charge in [0.15, 0.2) is 0 Å². The number of carbonyl (C=O) groups is 3. The molecule has 3 aromatic carbocycles. The van der Waals surface area contributed by atoms with Crippen molar-refractivity contribution < 1.29 is 19.5 Å². The Morgan fingerprint density at radius 3 is 2.53 bits per heavy atom. The Bertz CT molecular complexity index is 1950. The minimum absolute atomic E-state index is 0.238. The van der Waals surface area contributed by atoms with Gasteiger partial charge < -0.3 is 14.9 Å². The van der Waals surface area contributed by atoms with Crippen LogP contribution in [0.5, 0.6) is 0 Å². The van der Waals surface area contributed by atoms with E-state index in [0.29, 0.717) is 43.6 Å². The van der Waals surface area contributed by atoms with Crippen LogP contribution in [0.25, 0.3) is 10.9 Å². The highest BCUT2D eigenvalue weighted by Gasteiger charge is 2.39. The molecule has 0 aliphatic carbocycles. The number of aromatic nitrogens is 2. The summed E-state index contributed by atoms with van der Waals surface area (Å²) in [5, 5.41) is 9.77. The van der Waals surface area contributed by atoms with E-state index in [2.05, 4.69) is 11.1 Å². The smallest absolute Gasteiger partial charge is 0.326 e. The van der Waals surface area contributed by atoms with Gasteiger partial charge in [-0.25, -0.2) is 14.8 Å². The van der Waals surface area contributed by atoms with Gasteiger partial charge in [0.25, 0.3) is 17.4 Å². The summed E-state index contributed by atoms with van der Waals surface area (Å²) in [6.07, 6.45) is 0.548. The fourth-order valence-electron chi connectivity index (χ4n) is 6.65. The normalized spacial score (nSPS) is 19.4. The fourth-order valence-corrected chi connectivity index (χ4v) is 6.65. The van der Waals surface area contributed by atoms with Crippen molar-refractivity contribution in [3.63, 3.8) is 0 Å². The third-order valence-corrected chi connectivity index (χ3v) is 8.62. The van der Waals surface area contributed by atoms with Gasteiger partial charge in [0, 0.05) is 29.8 Å². The molecular formula is C33H29N5O5. The Balaban J connectivity index is 1.37. The Hall–Kier alpha value is -5.12. The maximum atomic E-state index is 14.2. The van der Waals surface area contributed by atoms with Crippen LogP contribution in [0.15, 0.2) is 70.5 Å². The minimum Gasteiger partial charge on any atom is -0.480 e. The molecule has 0 radical (unpaired) electrons. The number of rotatable bonds is 4. The van der Waals surface area contributed by atoms with E-state index in [-0.39, 0.29) is 22.7 Å². The SMILES string of the molecule is Cc1cc2c3c(c1)C(c1ccccc1)=NC(n1c(C)nc4cc(C(=O)N5CCCC5C(=O)O)ccc4c1=O)C(=O)N3CC2. The number of carbonyl (C=O) groups excluding carboxylic acids is 2. The first-order valence-corrected chi connectivity index (χ1v) is 14.4.